The molecule has 2 aromatic carbocycles. The smallest absolute Gasteiger partial charge is 0.416 e. The van der Waals surface area contributed by atoms with Crippen LogP contribution in [0.4, 0.5) is 13.2 Å². The van der Waals surface area contributed by atoms with Crippen LogP contribution in [0, 0.1) is 0 Å². The Kier molecular flexibility index (Phi) is 3.75. The van der Waals surface area contributed by atoms with E-state index in [2.05, 4.69) is 5.32 Å². The van der Waals surface area contributed by atoms with E-state index in [1.165, 1.54) is 12.1 Å². The lowest BCUT2D eigenvalue weighted by Gasteiger charge is -2.10. The Balaban J connectivity index is 1.96. The molecule has 0 radical (unpaired) electrons. The molecule has 1 N–H and O–H groups in total. The van der Waals surface area contributed by atoms with Crippen molar-refractivity contribution in [2.75, 3.05) is 6.61 Å². The molecule has 0 saturated heterocycles. The third-order valence-electron chi connectivity index (χ3n) is 3.64. The first-order valence-corrected chi connectivity index (χ1v) is 7.10. The second kappa shape index (κ2) is 5.61. The van der Waals surface area contributed by atoms with E-state index in [1.807, 2.05) is 6.92 Å². The standard InChI is InChI=1S/C17H14F3NO2/c1-10-9-23-15-7-4-12(8-14(15)16(22)21-10)11-2-5-13(6-3-11)17(18,19)20/h2-8,10H,9H2,1H3,(H,21,22)/t10-/m0/s1. The molecule has 0 fully saturated rings. The number of halogens is 3. The molecule has 0 aliphatic carbocycles. The lowest BCUT2D eigenvalue weighted by Crippen LogP contribution is -2.33. The number of fused-ring (bicyclic) bond motifs is 1. The predicted octanol–water partition coefficient (Wildman–Crippen LogP) is 3.88. The molecule has 2 aromatic rings. The number of ether oxygens (including phenoxy) is 1. The van der Waals surface area contributed by atoms with E-state index in [1.54, 1.807) is 18.2 Å². The number of nitrogens with one attached hydrogen (secondary N) is 1. The third kappa shape index (κ3) is 3.16. The van der Waals surface area contributed by atoms with Crippen LogP contribution in [0.2, 0.25) is 0 Å². The Hall–Kier alpha value is -2.50. The van der Waals surface area contributed by atoms with Crippen LogP contribution in [-0.2, 0) is 6.18 Å². The van der Waals surface area contributed by atoms with Crippen molar-refractivity contribution in [3.8, 4) is 16.9 Å². The van der Waals surface area contributed by atoms with Crippen LogP contribution in [0.3, 0.4) is 0 Å². The molecule has 1 aliphatic rings. The van der Waals surface area contributed by atoms with Gasteiger partial charge in [-0.3, -0.25) is 4.79 Å². The normalized spacial score (nSPS) is 17.7. The van der Waals surface area contributed by atoms with Crippen LogP contribution >= 0.6 is 0 Å². The molecule has 0 spiro atoms. The zero-order valence-corrected chi connectivity index (χ0v) is 12.3. The van der Waals surface area contributed by atoms with Crippen LogP contribution in [0.25, 0.3) is 11.1 Å². The second-order valence-corrected chi connectivity index (χ2v) is 5.47. The van der Waals surface area contributed by atoms with E-state index in [0.29, 0.717) is 29.0 Å². The van der Waals surface area contributed by atoms with Gasteiger partial charge in [0.05, 0.1) is 17.2 Å². The van der Waals surface area contributed by atoms with Crippen LogP contribution in [0.1, 0.15) is 22.8 Å². The largest absolute Gasteiger partial charge is 0.491 e. The van der Waals surface area contributed by atoms with Crippen LogP contribution < -0.4 is 10.1 Å². The molecule has 1 aliphatic heterocycles. The van der Waals surface area contributed by atoms with E-state index in [0.717, 1.165) is 12.1 Å². The zero-order chi connectivity index (χ0) is 16.6. The van der Waals surface area contributed by atoms with Crippen molar-refractivity contribution in [2.45, 2.75) is 19.1 Å². The van der Waals surface area contributed by atoms with Gasteiger partial charge in [0, 0.05) is 0 Å². The molecule has 1 heterocycles. The minimum atomic E-state index is -4.36. The first kappa shape index (κ1) is 15.4. The van der Waals surface area contributed by atoms with Crippen molar-refractivity contribution in [2.24, 2.45) is 0 Å². The van der Waals surface area contributed by atoms with E-state index < -0.39 is 11.7 Å². The maximum absolute atomic E-state index is 12.6. The average molecular weight is 321 g/mol. The quantitative estimate of drug-likeness (QED) is 0.865. The first-order chi connectivity index (χ1) is 10.8. The van der Waals surface area contributed by atoms with Gasteiger partial charge < -0.3 is 10.1 Å². The molecule has 0 saturated carbocycles. The molecule has 0 aromatic heterocycles. The Bertz CT molecular complexity index is 738. The first-order valence-electron chi connectivity index (χ1n) is 7.10. The monoisotopic (exact) mass is 321 g/mol. The summed E-state index contributed by atoms with van der Waals surface area (Å²) in [7, 11) is 0. The molecule has 1 atom stereocenters. The second-order valence-electron chi connectivity index (χ2n) is 5.47. The van der Waals surface area contributed by atoms with E-state index in [9.17, 15) is 18.0 Å². The van der Waals surface area contributed by atoms with Crippen molar-refractivity contribution in [3.05, 3.63) is 53.6 Å². The average Bonchev–Trinajstić information content (AvgIpc) is 2.65. The van der Waals surface area contributed by atoms with Crippen molar-refractivity contribution >= 4 is 5.91 Å². The molecule has 1 amide bonds. The van der Waals surface area contributed by atoms with Crippen molar-refractivity contribution in [1.82, 2.24) is 5.32 Å². The highest BCUT2D eigenvalue weighted by Gasteiger charge is 2.30. The summed E-state index contributed by atoms with van der Waals surface area (Å²) in [6.45, 7) is 2.21. The predicted molar refractivity (Wildman–Crippen MR) is 79.3 cm³/mol. The molecule has 0 bridgehead atoms. The molecule has 3 rings (SSSR count). The summed E-state index contributed by atoms with van der Waals surface area (Å²) in [6.07, 6.45) is -4.36. The minimum Gasteiger partial charge on any atom is -0.491 e. The third-order valence-corrected chi connectivity index (χ3v) is 3.64. The Morgan fingerprint density at radius 1 is 1.09 bits per heavy atom. The molecule has 120 valence electrons. The fourth-order valence-electron chi connectivity index (χ4n) is 2.42. The van der Waals surface area contributed by atoms with Gasteiger partial charge in [-0.25, -0.2) is 0 Å². The van der Waals surface area contributed by atoms with E-state index in [4.69, 9.17) is 4.74 Å². The fraction of sp³-hybridized carbons (Fsp3) is 0.235. The molecule has 3 nitrogen and oxygen atoms in total. The topological polar surface area (TPSA) is 38.3 Å². The summed E-state index contributed by atoms with van der Waals surface area (Å²) in [6, 6.07) is 9.75. The lowest BCUT2D eigenvalue weighted by molar-refractivity contribution is -0.137. The number of hydrogen-bond donors (Lipinski definition) is 1. The van der Waals surface area contributed by atoms with Crippen molar-refractivity contribution < 1.29 is 22.7 Å². The number of carbonyl (C=O) groups is 1. The minimum absolute atomic E-state index is 0.107. The van der Waals surface area contributed by atoms with Gasteiger partial charge in [-0.1, -0.05) is 18.2 Å². The lowest BCUT2D eigenvalue weighted by atomic mass is 10.0. The number of benzene rings is 2. The van der Waals surface area contributed by atoms with Crippen LogP contribution in [0.5, 0.6) is 5.75 Å². The number of hydrogen-bond acceptors (Lipinski definition) is 2. The summed E-state index contributed by atoms with van der Waals surface area (Å²) in [5.41, 5.74) is 0.939. The molecule has 6 heteroatoms. The van der Waals surface area contributed by atoms with Gasteiger partial charge in [0.2, 0.25) is 0 Å². The van der Waals surface area contributed by atoms with Gasteiger partial charge >= 0.3 is 6.18 Å². The van der Waals surface area contributed by atoms with Gasteiger partial charge in [-0.05, 0) is 42.3 Å². The number of amides is 1. The van der Waals surface area contributed by atoms with E-state index in [-0.39, 0.29) is 11.9 Å². The Labute approximate surface area is 131 Å². The van der Waals surface area contributed by atoms with Crippen LogP contribution in [0.15, 0.2) is 42.5 Å². The van der Waals surface area contributed by atoms with Gasteiger partial charge in [-0.2, -0.15) is 13.2 Å². The van der Waals surface area contributed by atoms with Crippen LogP contribution in [-0.4, -0.2) is 18.6 Å². The summed E-state index contributed by atoms with van der Waals surface area (Å²) >= 11 is 0. The van der Waals surface area contributed by atoms with Gasteiger partial charge in [0.25, 0.3) is 5.91 Å². The number of alkyl halides is 3. The summed E-state index contributed by atoms with van der Waals surface area (Å²) in [4.78, 5) is 12.1. The zero-order valence-electron chi connectivity index (χ0n) is 12.3. The van der Waals surface area contributed by atoms with Gasteiger partial charge in [0.15, 0.2) is 0 Å². The molecular formula is C17H14F3NO2. The fourth-order valence-corrected chi connectivity index (χ4v) is 2.42. The molecule has 0 unspecified atom stereocenters. The number of rotatable bonds is 1. The maximum atomic E-state index is 12.6. The Morgan fingerprint density at radius 2 is 1.74 bits per heavy atom. The van der Waals surface area contributed by atoms with Gasteiger partial charge in [0.1, 0.15) is 12.4 Å². The summed E-state index contributed by atoms with van der Waals surface area (Å²) < 4.78 is 43.4. The highest BCUT2D eigenvalue weighted by Crippen LogP contribution is 2.32. The number of carbonyl (C=O) groups excluding carboxylic acids is 1. The Morgan fingerprint density at radius 3 is 2.39 bits per heavy atom. The van der Waals surface area contributed by atoms with Gasteiger partial charge in [-0.15, -0.1) is 0 Å². The van der Waals surface area contributed by atoms with Crippen molar-refractivity contribution in [3.63, 3.8) is 0 Å². The highest BCUT2D eigenvalue weighted by molar-refractivity contribution is 5.98. The molecular weight excluding hydrogens is 307 g/mol. The summed E-state index contributed by atoms with van der Waals surface area (Å²) in [5, 5.41) is 2.79. The SMILES string of the molecule is C[C@H]1COc2ccc(-c3ccc(C(F)(F)F)cc3)cc2C(=O)N1. The van der Waals surface area contributed by atoms with Crippen molar-refractivity contribution in [1.29, 1.82) is 0 Å². The van der Waals surface area contributed by atoms with E-state index >= 15 is 0 Å². The maximum Gasteiger partial charge on any atom is 0.416 e. The molecule has 23 heavy (non-hydrogen) atoms. The highest BCUT2D eigenvalue weighted by atomic mass is 19.4. The summed E-state index contributed by atoms with van der Waals surface area (Å²) in [5.74, 6) is 0.223.